The lowest BCUT2D eigenvalue weighted by Crippen LogP contribution is -2.11. The lowest BCUT2D eigenvalue weighted by Gasteiger charge is -2.17. The molecule has 0 radical (unpaired) electrons. The quantitative estimate of drug-likeness (QED) is 0.751. The maximum absolute atomic E-state index is 6.39. The molecule has 2 heterocycles. The van der Waals surface area contributed by atoms with Crippen molar-refractivity contribution in [2.75, 3.05) is 5.75 Å². The molecule has 0 N–H and O–H groups in total. The van der Waals surface area contributed by atoms with Crippen molar-refractivity contribution in [1.82, 2.24) is 14.5 Å². The molecule has 3 unspecified atom stereocenters. The van der Waals surface area contributed by atoms with Gasteiger partial charge in [0.2, 0.25) is 0 Å². The Kier molecular flexibility index (Phi) is 4.46. The molecule has 0 aromatic carbocycles. The van der Waals surface area contributed by atoms with Crippen molar-refractivity contribution < 1.29 is 0 Å². The number of thioether (sulfide) groups is 1. The van der Waals surface area contributed by atoms with Gasteiger partial charge in [-0.1, -0.05) is 6.92 Å². The van der Waals surface area contributed by atoms with Gasteiger partial charge in [0.25, 0.3) is 0 Å². The van der Waals surface area contributed by atoms with Crippen LogP contribution in [0.5, 0.6) is 0 Å². The number of imidazole rings is 1. The van der Waals surface area contributed by atoms with E-state index in [0.717, 1.165) is 22.2 Å². The minimum Gasteiger partial charge on any atom is -0.308 e. The van der Waals surface area contributed by atoms with Crippen molar-refractivity contribution in [2.45, 2.75) is 56.7 Å². The van der Waals surface area contributed by atoms with Crippen LogP contribution in [-0.4, -0.2) is 25.5 Å². The summed E-state index contributed by atoms with van der Waals surface area (Å²) in [5.74, 6) is 2.17. The molecule has 1 aliphatic carbocycles. The third-order valence-corrected chi connectivity index (χ3v) is 5.72. The number of halogens is 1. The Morgan fingerprint density at radius 1 is 1.48 bits per heavy atom. The summed E-state index contributed by atoms with van der Waals surface area (Å²) in [6.45, 7) is 6.33. The largest absolute Gasteiger partial charge is 0.308 e. The van der Waals surface area contributed by atoms with Gasteiger partial charge in [-0.3, -0.25) is 0 Å². The first kappa shape index (κ1) is 15.2. The summed E-state index contributed by atoms with van der Waals surface area (Å²) < 4.78 is 2.32. The molecule has 3 nitrogen and oxygen atoms in total. The van der Waals surface area contributed by atoms with Gasteiger partial charge in [0.05, 0.1) is 5.38 Å². The van der Waals surface area contributed by atoms with E-state index in [2.05, 4.69) is 35.2 Å². The lowest BCUT2D eigenvalue weighted by molar-refractivity contribution is 0.508. The van der Waals surface area contributed by atoms with Crippen molar-refractivity contribution in [3.05, 3.63) is 23.7 Å². The molecule has 1 aliphatic rings. The Morgan fingerprint density at radius 3 is 3.00 bits per heavy atom. The highest BCUT2D eigenvalue weighted by molar-refractivity contribution is 7.99. The normalized spacial score (nSPS) is 23.8. The van der Waals surface area contributed by atoms with Gasteiger partial charge in [-0.15, -0.1) is 11.6 Å². The smallest absolute Gasteiger partial charge is 0.160 e. The molecule has 2 aromatic rings. The Hall–Kier alpha value is -0.740. The van der Waals surface area contributed by atoms with Crippen LogP contribution in [0.2, 0.25) is 0 Å². The third-order valence-electron chi connectivity index (χ3n) is 4.29. The Bertz CT molecular complexity index is 638. The molecule has 1 saturated carbocycles. The summed E-state index contributed by atoms with van der Waals surface area (Å²) >= 11 is 8.47. The van der Waals surface area contributed by atoms with Crippen LogP contribution < -0.4 is 0 Å². The molecule has 0 bridgehead atoms. The van der Waals surface area contributed by atoms with Crippen LogP contribution in [0.4, 0.5) is 0 Å². The predicted molar refractivity (Wildman–Crippen MR) is 91.3 cm³/mol. The first-order valence-corrected chi connectivity index (χ1v) is 9.19. The average Bonchev–Trinajstić information content (AvgIpc) is 3.03. The fourth-order valence-electron chi connectivity index (χ4n) is 3.31. The molecule has 0 aliphatic heterocycles. The molecule has 0 spiro atoms. The summed E-state index contributed by atoms with van der Waals surface area (Å²) in [5.41, 5.74) is 3.19. The van der Waals surface area contributed by atoms with Gasteiger partial charge in [-0.05, 0) is 50.5 Å². The van der Waals surface area contributed by atoms with E-state index in [-0.39, 0.29) is 5.38 Å². The number of fused-ring (bicyclic) bond motifs is 1. The lowest BCUT2D eigenvalue weighted by atomic mass is 10.2. The zero-order valence-corrected chi connectivity index (χ0v) is 14.4. The van der Waals surface area contributed by atoms with Gasteiger partial charge in [0.15, 0.2) is 5.65 Å². The number of pyridine rings is 1. The van der Waals surface area contributed by atoms with Crippen LogP contribution in [-0.2, 0) is 0 Å². The number of rotatable bonds is 4. The highest BCUT2D eigenvalue weighted by atomic mass is 35.5. The highest BCUT2D eigenvalue weighted by Gasteiger charge is 2.30. The predicted octanol–water partition coefficient (Wildman–Crippen LogP) is 4.89. The van der Waals surface area contributed by atoms with Crippen molar-refractivity contribution in [3.8, 4) is 0 Å². The van der Waals surface area contributed by atoms with Crippen LogP contribution in [0.15, 0.2) is 12.3 Å². The average molecular weight is 324 g/mol. The number of hydrogen-bond acceptors (Lipinski definition) is 3. The standard InChI is InChI=1S/C16H22ClN3S/c1-4-21-13-6-5-12(9-13)20-15(11(3)17)19-14-10(2)7-8-18-16(14)20/h7-8,11-13H,4-6,9H2,1-3H3. The SMILES string of the molecule is CCSC1CCC(n2c(C(C)Cl)nc3c(C)ccnc32)C1. The second kappa shape index (κ2) is 6.17. The Morgan fingerprint density at radius 2 is 2.29 bits per heavy atom. The number of hydrogen-bond donors (Lipinski definition) is 0. The van der Waals surface area contributed by atoms with Gasteiger partial charge < -0.3 is 4.57 Å². The van der Waals surface area contributed by atoms with Gasteiger partial charge in [0.1, 0.15) is 11.3 Å². The van der Waals surface area contributed by atoms with Gasteiger partial charge in [-0.2, -0.15) is 11.8 Å². The third kappa shape index (κ3) is 2.80. The van der Waals surface area contributed by atoms with Crippen molar-refractivity contribution >= 4 is 34.5 Å². The minimum atomic E-state index is -0.0866. The summed E-state index contributed by atoms with van der Waals surface area (Å²) in [4.78, 5) is 9.38. The van der Waals surface area contributed by atoms with Crippen LogP contribution in [0, 0.1) is 6.92 Å². The maximum atomic E-state index is 6.39. The summed E-state index contributed by atoms with van der Waals surface area (Å²) in [6, 6.07) is 2.51. The van der Waals surface area contributed by atoms with E-state index in [9.17, 15) is 0 Å². The van der Waals surface area contributed by atoms with Crippen molar-refractivity contribution in [3.63, 3.8) is 0 Å². The Balaban J connectivity index is 2.04. The van der Waals surface area contributed by atoms with Gasteiger partial charge in [-0.25, -0.2) is 9.97 Å². The van der Waals surface area contributed by atoms with E-state index in [1.807, 2.05) is 19.2 Å². The molecule has 0 amide bonds. The molecule has 0 saturated heterocycles. The van der Waals surface area contributed by atoms with Gasteiger partial charge >= 0.3 is 0 Å². The fourth-order valence-corrected chi connectivity index (χ4v) is 4.59. The molecule has 3 atom stereocenters. The number of aromatic nitrogens is 3. The molecule has 3 rings (SSSR count). The van der Waals surface area contributed by atoms with Gasteiger partial charge in [0, 0.05) is 17.5 Å². The maximum Gasteiger partial charge on any atom is 0.160 e. The second-order valence-electron chi connectivity index (χ2n) is 5.80. The van der Waals surface area contributed by atoms with E-state index >= 15 is 0 Å². The topological polar surface area (TPSA) is 30.7 Å². The monoisotopic (exact) mass is 323 g/mol. The molecule has 1 fully saturated rings. The fraction of sp³-hybridized carbons (Fsp3) is 0.625. The zero-order chi connectivity index (χ0) is 15.0. The molecule has 21 heavy (non-hydrogen) atoms. The number of aryl methyl sites for hydroxylation is 1. The Labute approximate surface area is 135 Å². The van der Waals surface area contributed by atoms with Crippen LogP contribution >= 0.6 is 23.4 Å². The summed E-state index contributed by atoms with van der Waals surface area (Å²) in [7, 11) is 0. The molecular formula is C16H22ClN3S. The zero-order valence-electron chi connectivity index (χ0n) is 12.8. The number of alkyl halides is 1. The summed E-state index contributed by atoms with van der Waals surface area (Å²) in [6.07, 6.45) is 5.57. The highest BCUT2D eigenvalue weighted by Crippen LogP contribution is 2.40. The van der Waals surface area contributed by atoms with Crippen LogP contribution in [0.1, 0.15) is 55.9 Å². The summed E-state index contributed by atoms with van der Waals surface area (Å²) in [5, 5.41) is 0.678. The van der Waals surface area contributed by atoms with E-state index in [4.69, 9.17) is 16.6 Å². The van der Waals surface area contributed by atoms with Crippen molar-refractivity contribution in [1.29, 1.82) is 0 Å². The van der Waals surface area contributed by atoms with Crippen LogP contribution in [0.25, 0.3) is 11.2 Å². The minimum absolute atomic E-state index is 0.0866. The van der Waals surface area contributed by atoms with E-state index < -0.39 is 0 Å². The first-order chi connectivity index (χ1) is 10.1. The molecular weight excluding hydrogens is 302 g/mol. The first-order valence-electron chi connectivity index (χ1n) is 7.71. The second-order valence-corrected chi connectivity index (χ2v) is 8.03. The van der Waals surface area contributed by atoms with E-state index in [1.54, 1.807) is 0 Å². The molecule has 5 heteroatoms. The molecule has 2 aromatic heterocycles. The number of nitrogens with zero attached hydrogens (tertiary/aromatic N) is 3. The molecule has 114 valence electrons. The van der Waals surface area contributed by atoms with Crippen LogP contribution in [0.3, 0.4) is 0 Å². The van der Waals surface area contributed by atoms with E-state index in [0.29, 0.717) is 6.04 Å². The van der Waals surface area contributed by atoms with Crippen molar-refractivity contribution in [2.24, 2.45) is 0 Å². The van der Waals surface area contributed by atoms with E-state index in [1.165, 1.54) is 30.6 Å².